The largest absolute Gasteiger partial charge is 0.324 e. The molecule has 0 aliphatic carbocycles. The number of anilines is 1. The number of nitrogens with zero attached hydrogens (tertiary/aromatic N) is 1. The summed E-state index contributed by atoms with van der Waals surface area (Å²) in [6, 6.07) is 32.0. The first-order valence-electron chi connectivity index (χ1n) is 11.6. The van der Waals surface area contributed by atoms with Crippen molar-refractivity contribution >= 4 is 33.4 Å². The van der Waals surface area contributed by atoms with Crippen LogP contribution in [-0.2, 0) is 21.4 Å². The summed E-state index contributed by atoms with van der Waals surface area (Å²) in [6.45, 7) is 3.40. The third-order valence-electron chi connectivity index (χ3n) is 5.62. The van der Waals surface area contributed by atoms with Gasteiger partial charge in [0, 0.05) is 16.3 Å². The third-order valence-corrected chi connectivity index (χ3v) is 8.63. The fourth-order valence-electron chi connectivity index (χ4n) is 3.76. The molecular weight excluding hydrogens is 488 g/mol. The lowest BCUT2D eigenvalue weighted by atomic mass is 10.2. The van der Waals surface area contributed by atoms with Gasteiger partial charge in [0.05, 0.1) is 17.1 Å². The van der Waals surface area contributed by atoms with Gasteiger partial charge in [0.15, 0.2) is 0 Å². The number of carbonyl (C=O) groups excluding carboxylic acids is 1. The lowest BCUT2D eigenvalue weighted by molar-refractivity contribution is -0.116. The molecule has 0 radical (unpaired) electrons. The summed E-state index contributed by atoms with van der Waals surface area (Å²) in [6.07, 6.45) is 0. The normalized spacial score (nSPS) is 11.4. The van der Waals surface area contributed by atoms with Gasteiger partial charge in [-0.15, -0.1) is 0 Å². The zero-order chi connectivity index (χ0) is 25.5. The molecule has 0 fully saturated rings. The van der Waals surface area contributed by atoms with Crippen LogP contribution in [0.4, 0.5) is 5.69 Å². The van der Waals surface area contributed by atoms with E-state index in [2.05, 4.69) is 5.32 Å². The zero-order valence-corrected chi connectivity index (χ0v) is 21.9. The Morgan fingerprint density at radius 3 is 2.19 bits per heavy atom. The quantitative estimate of drug-likeness (QED) is 0.284. The van der Waals surface area contributed by atoms with E-state index in [4.69, 9.17) is 0 Å². The predicted molar refractivity (Wildman–Crippen MR) is 146 cm³/mol. The number of carbonyl (C=O) groups is 1. The number of para-hydroxylation sites is 1. The highest BCUT2D eigenvalue weighted by molar-refractivity contribution is 7.99. The number of sulfonamides is 1. The summed E-state index contributed by atoms with van der Waals surface area (Å²) in [4.78, 5) is 15.4. The molecule has 0 spiro atoms. The van der Waals surface area contributed by atoms with Crippen LogP contribution in [0, 0.1) is 13.8 Å². The van der Waals surface area contributed by atoms with Crippen molar-refractivity contribution < 1.29 is 13.2 Å². The molecule has 4 aromatic rings. The van der Waals surface area contributed by atoms with Crippen LogP contribution in [-0.4, -0.2) is 25.2 Å². The lowest BCUT2D eigenvalue weighted by Gasteiger charge is -2.23. The van der Waals surface area contributed by atoms with E-state index < -0.39 is 15.9 Å². The first-order valence-corrected chi connectivity index (χ1v) is 13.8. The summed E-state index contributed by atoms with van der Waals surface area (Å²) in [5, 5.41) is 2.93. The van der Waals surface area contributed by atoms with E-state index in [9.17, 15) is 13.2 Å². The van der Waals surface area contributed by atoms with Crippen molar-refractivity contribution in [3.63, 3.8) is 0 Å². The van der Waals surface area contributed by atoms with E-state index in [0.29, 0.717) is 11.3 Å². The highest BCUT2D eigenvalue weighted by Gasteiger charge is 2.28. The van der Waals surface area contributed by atoms with Crippen molar-refractivity contribution in [2.24, 2.45) is 0 Å². The monoisotopic (exact) mass is 516 g/mol. The van der Waals surface area contributed by atoms with Crippen LogP contribution >= 0.6 is 11.8 Å². The van der Waals surface area contributed by atoms with Crippen LogP contribution < -0.4 is 5.32 Å². The second kappa shape index (κ2) is 11.6. The van der Waals surface area contributed by atoms with E-state index in [1.165, 1.54) is 16.1 Å². The topological polar surface area (TPSA) is 66.5 Å². The maximum absolute atomic E-state index is 13.7. The second-order valence-corrected chi connectivity index (χ2v) is 11.5. The summed E-state index contributed by atoms with van der Waals surface area (Å²) >= 11 is 1.54. The van der Waals surface area contributed by atoms with Crippen LogP contribution in [0.25, 0.3) is 0 Å². The minimum atomic E-state index is -3.93. The molecule has 0 heterocycles. The third kappa shape index (κ3) is 6.43. The number of rotatable bonds is 9. The molecule has 0 aliphatic rings. The Hall–Kier alpha value is -3.39. The standard InChI is InChI=1S/C29H28N2O3S2/c1-22-17-18-23(2)28(19-22)36(33,34)31(20-24-11-5-3-6-12-24)21-29(32)30-26-15-9-10-16-27(26)35-25-13-7-4-8-14-25/h3-19H,20-21H2,1-2H3,(H,30,32). The Kier molecular flexibility index (Phi) is 8.25. The van der Waals surface area contributed by atoms with E-state index in [1.54, 1.807) is 19.1 Å². The van der Waals surface area contributed by atoms with Crippen molar-refractivity contribution in [3.8, 4) is 0 Å². The molecule has 5 nitrogen and oxygen atoms in total. The number of aryl methyl sites for hydroxylation is 2. The number of hydrogen-bond acceptors (Lipinski definition) is 4. The fourth-order valence-corrected chi connectivity index (χ4v) is 6.38. The first kappa shape index (κ1) is 25.7. The Labute approximate surface area is 217 Å². The maximum Gasteiger partial charge on any atom is 0.244 e. The van der Waals surface area contributed by atoms with Gasteiger partial charge in [-0.1, -0.05) is 84.6 Å². The summed E-state index contributed by atoms with van der Waals surface area (Å²) in [5.74, 6) is -0.402. The Morgan fingerprint density at radius 1 is 0.833 bits per heavy atom. The van der Waals surface area contributed by atoms with Gasteiger partial charge in [0.2, 0.25) is 15.9 Å². The van der Waals surface area contributed by atoms with Crippen LogP contribution in [0.1, 0.15) is 16.7 Å². The van der Waals surface area contributed by atoms with Gasteiger partial charge < -0.3 is 5.32 Å². The van der Waals surface area contributed by atoms with Crippen LogP contribution in [0.5, 0.6) is 0 Å². The molecule has 7 heteroatoms. The summed E-state index contributed by atoms with van der Waals surface area (Å²) in [5.41, 5.74) is 2.93. The molecule has 4 rings (SSSR count). The molecule has 0 saturated carbocycles. The van der Waals surface area contributed by atoms with Crippen LogP contribution in [0.3, 0.4) is 0 Å². The second-order valence-electron chi connectivity index (χ2n) is 8.49. The highest BCUT2D eigenvalue weighted by Crippen LogP contribution is 2.33. The van der Waals surface area contributed by atoms with Gasteiger partial charge in [-0.25, -0.2) is 8.42 Å². The molecule has 0 bridgehead atoms. The van der Waals surface area contributed by atoms with Crippen molar-refractivity contribution in [2.45, 2.75) is 35.1 Å². The van der Waals surface area contributed by atoms with Crippen LogP contribution in [0.2, 0.25) is 0 Å². The zero-order valence-electron chi connectivity index (χ0n) is 20.2. The molecule has 4 aromatic carbocycles. The van der Waals surface area contributed by atoms with Gasteiger partial charge in [-0.3, -0.25) is 4.79 Å². The minimum absolute atomic E-state index is 0.0877. The molecule has 1 amide bonds. The van der Waals surface area contributed by atoms with Crippen molar-refractivity contribution in [2.75, 3.05) is 11.9 Å². The molecule has 0 unspecified atom stereocenters. The van der Waals surface area contributed by atoms with Crippen molar-refractivity contribution in [1.82, 2.24) is 4.31 Å². The molecular formula is C29H28N2O3S2. The number of amides is 1. The smallest absolute Gasteiger partial charge is 0.244 e. The van der Waals surface area contributed by atoms with Crippen LogP contribution in [0.15, 0.2) is 118 Å². The Balaban J connectivity index is 1.60. The van der Waals surface area contributed by atoms with Crippen molar-refractivity contribution in [1.29, 1.82) is 0 Å². The van der Waals surface area contributed by atoms with E-state index in [1.807, 2.05) is 97.9 Å². The van der Waals surface area contributed by atoms with Gasteiger partial charge in [0.1, 0.15) is 0 Å². The summed E-state index contributed by atoms with van der Waals surface area (Å²) < 4.78 is 28.7. The SMILES string of the molecule is Cc1ccc(C)c(S(=O)(=O)N(CC(=O)Nc2ccccc2Sc2ccccc2)Cc2ccccc2)c1. The molecule has 36 heavy (non-hydrogen) atoms. The molecule has 184 valence electrons. The molecule has 0 atom stereocenters. The van der Waals surface area contributed by atoms with Gasteiger partial charge in [-0.2, -0.15) is 4.31 Å². The average Bonchev–Trinajstić information content (AvgIpc) is 2.87. The predicted octanol–water partition coefficient (Wildman–Crippen LogP) is 6.28. The Morgan fingerprint density at radius 2 is 1.47 bits per heavy atom. The summed E-state index contributed by atoms with van der Waals surface area (Å²) in [7, 11) is -3.93. The van der Waals surface area contributed by atoms with Crippen molar-refractivity contribution in [3.05, 3.63) is 120 Å². The van der Waals surface area contributed by atoms with E-state index in [0.717, 1.165) is 20.9 Å². The lowest BCUT2D eigenvalue weighted by Crippen LogP contribution is -2.38. The molecule has 0 aromatic heterocycles. The fraction of sp³-hybridized carbons (Fsp3) is 0.138. The molecule has 1 N–H and O–H groups in total. The van der Waals surface area contributed by atoms with Gasteiger partial charge in [-0.05, 0) is 60.9 Å². The average molecular weight is 517 g/mol. The minimum Gasteiger partial charge on any atom is -0.324 e. The maximum atomic E-state index is 13.7. The first-order chi connectivity index (χ1) is 17.3. The van der Waals surface area contributed by atoms with Gasteiger partial charge in [0.25, 0.3) is 0 Å². The van der Waals surface area contributed by atoms with E-state index >= 15 is 0 Å². The van der Waals surface area contributed by atoms with Gasteiger partial charge >= 0.3 is 0 Å². The molecule has 0 aliphatic heterocycles. The number of nitrogens with one attached hydrogen (secondary N) is 1. The van der Waals surface area contributed by atoms with E-state index in [-0.39, 0.29) is 18.0 Å². The Bertz CT molecular complexity index is 1440. The molecule has 0 saturated heterocycles. The number of benzene rings is 4. The number of hydrogen-bond donors (Lipinski definition) is 1. The highest BCUT2D eigenvalue weighted by atomic mass is 32.2.